The van der Waals surface area contributed by atoms with Crippen LogP contribution in [-0.2, 0) is 0 Å². The highest BCUT2D eigenvalue weighted by molar-refractivity contribution is 5.97. The summed E-state index contributed by atoms with van der Waals surface area (Å²) in [6.45, 7) is 2.94. The lowest BCUT2D eigenvalue weighted by molar-refractivity contribution is -0.806. The Labute approximate surface area is 163 Å². The number of carbonyl (C=O) groups is 1. The fourth-order valence-corrected chi connectivity index (χ4v) is 3.31. The van der Waals surface area contributed by atoms with Crippen LogP contribution in [-0.4, -0.2) is 41.4 Å². The van der Waals surface area contributed by atoms with E-state index < -0.39 is 0 Å². The predicted octanol–water partition coefficient (Wildman–Crippen LogP) is 5.38. The van der Waals surface area contributed by atoms with Crippen LogP contribution < -0.4 is 5.32 Å². The van der Waals surface area contributed by atoms with Crippen LogP contribution in [0.2, 0.25) is 0 Å². The molecule has 4 aromatic rings. The Hall–Kier alpha value is -3.12. The molecule has 0 spiro atoms. The first-order valence-corrected chi connectivity index (χ1v) is 9.59. The lowest BCUT2D eigenvalue weighted by Crippen LogP contribution is -2.48. The molecule has 6 heteroatoms. The van der Waals surface area contributed by atoms with Gasteiger partial charge in [0.15, 0.2) is 5.76 Å². The third-order valence-corrected chi connectivity index (χ3v) is 5.09. The number of unbranched alkanes of at least 4 members (excludes halogenated alkanes) is 1. The number of urea groups is 1. The number of hydrogen-bond donors (Lipinski definition) is 2. The summed E-state index contributed by atoms with van der Waals surface area (Å²) >= 11 is 0. The number of amides is 2. The summed E-state index contributed by atoms with van der Waals surface area (Å²) in [6.07, 6.45) is 2.08. The van der Waals surface area contributed by atoms with E-state index in [4.69, 9.17) is 4.42 Å². The standard InChI is InChI=1S/C22H24N4O2/c1-4-5-12-26(2,3)22(27)23-16-10-11-18-17(14-16)21(25-24-18)20-13-15-8-6-7-9-19(15)28-20/h6-11,13-14H,4-5,12H2,1-3H3,(H-,23,24,25,27)/p+1. The maximum atomic E-state index is 12.7. The van der Waals surface area contributed by atoms with Gasteiger partial charge in [-0.15, -0.1) is 0 Å². The maximum Gasteiger partial charge on any atom is 0.420 e. The summed E-state index contributed by atoms with van der Waals surface area (Å²) < 4.78 is 6.27. The van der Waals surface area contributed by atoms with Crippen LogP contribution >= 0.6 is 0 Å². The van der Waals surface area contributed by atoms with E-state index >= 15 is 0 Å². The number of anilines is 1. The van der Waals surface area contributed by atoms with Crippen LogP contribution in [0, 0.1) is 0 Å². The van der Waals surface area contributed by atoms with Gasteiger partial charge in [0.1, 0.15) is 11.3 Å². The Kier molecular flexibility index (Phi) is 4.65. The number of quaternary nitrogens is 1. The summed E-state index contributed by atoms with van der Waals surface area (Å²) in [5.74, 6) is 0.704. The number of rotatable bonds is 5. The predicted molar refractivity (Wildman–Crippen MR) is 112 cm³/mol. The first-order chi connectivity index (χ1) is 13.5. The molecular weight excluding hydrogens is 352 g/mol. The van der Waals surface area contributed by atoms with Crippen molar-refractivity contribution in [1.29, 1.82) is 0 Å². The van der Waals surface area contributed by atoms with Crippen molar-refractivity contribution in [2.24, 2.45) is 0 Å². The van der Waals surface area contributed by atoms with E-state index in [0.29, 0.717) is 10.2 Å². The summed E-state index contributed by atoms with van der Waals surface area (Å²) in [4.78, 5) is 12.7. The monoisotopic (exact) mass is 377 g/mol. The molecule has 2 aromatic heterocycles. The quantitative estimate of drug-likeness (QED) is 0.458. The van der Waals surface area contributed by atoms with E-state index in [1.165, 1.54) is 0 Å². The van der Waals surface area contributed by atoms with Gasteiger partial charge in [-0.2, -0.15) is 5.10 Å². The van der Waals surface area contributed by atoms with Crippen molar-refractivity contribution in [2.75, 3.05) is 26.0 Å². The first-order valence-electron chi connectivity index (χ1n) is 9.59. The lowest BCUT2D eigenvalue weighted by atomic mass is 10.1. The second kappa shape index (κ2) is 7.13. The fraction of sp³-hybridized carbons (Fsp3) is 0.273. The van der Waals surface area contributed by atoms with Crippen molar-refractivity contribution in [1.82, 2.24) is 10.2 Å². The van der Waals surface area contributed by atoms with Crippen molar-refractivity contribution in [2.45, 2.75) is 19.8 Å². The number of hydrogen-bond acceptors (Lipinski definition) is 3. The molecule has 2 heterocycles. The van der Waals surface area contributed by atoms with Gasteiger partial charge in [-0.1, -0.05) is 31.5 Å². The Morgan fingerprint density at radius 3 is 2.79 bits per heavy atom. The Balaban J connectivity index is 1.65. The number of fused-ring (bicyclic) bond motifs is 2. The maximum absolute atomic E-state index is 12.7. The number of furan rings is 1. The summed E-state index contributed by atoms with van der Waals surface area (Å²) in [7, 11) is 3.86. The molecule has 2 N–H and O–H groups in total. The number of benzene rings is 2. The van der Waals surface area contributed by atoms with Crippen molar-refractivity contribution >= 4 is 33.6 Å². The van der Waals surface area contributed by atoms with Crippen LogP contribution in [0.4, 0.5) is 10.5 Å². The smallest absolute Gasteiger partial charge is 0.420 e. The molecule has 0 radical (unpaired) electrons. The van der Waals surface area contributed by atoms with Gasteiger partial charge in [-0.05, 0) is 36.8 Å². The highest BCUT2D eigenvalue weighted by Gasteiger charge is 2.26. The van der Waals surface area contributed by atoms with Gasteiger partial charge in [0.05, 0.1) is 26.2 Å². The molecule has 0 saturated carbocycles. The molecular formula is C22H25N4O2+. The van der Waals surface area contributed by atoms with Crippen molar-refractivity contribution < 1.29 is 13.7 Å². The molecule has 0 saturated heterocycles. The van der Waals surface area contributed by atoms with Crippen molar-refractivity contribution in [3.63, 3.8) is 0 Å². The summed E-state index contributed by atoms with van der Waals surface area (Å²) in [5.41, 5.74) is 3.21. The zero-order chi connectivity index (χ0) is 19.7. The lowest BCUT2D eigenvalue weighted by Gasteiger charge is -2.26. The van der Waals surface area contributed by atoms with E-state index in [0.717, 1.165) is 52.6 Å². The Bertz CT molecular complexity index is 1110. The number of para-hydroxylation sites is 1. The summed E-state index contributed by atoms with van der Waals surface area (Å²) in [5, 5.41) is 12.5. The number of nitrogens with zero attached hydrogens (tertiary/aromatic N) is 2. The van der Waals surface area contributed by atoms with Gasteiger partial charge < -0.3 is 4.42 Å². The molecule has 0 bridgehead atoms. The molecule has 6 nitrogen and oxygen atoms in total. The van der Waals surface area contributed by atoms with Crippen LogP contribution in [0.15, 0.2) is 52.9 Å². The number of carbonyl (C=O) groups excluding carboxylic acids is 1. The van der Waals surface area contributed by atoms with E-state index in [1.54, 1.807) is 0 Å². The van der Waals surface area contributed by atoms with E-state index in [2.05, 4.69) is 22.4 Å². The van der Waals surface area contributed by atoms with E-state index in [1.807, 2.05) is 62.6 Å². The van der Waals surface area contributed by atoms with Crippen LogP contribution in [0.1, 0.15) is 19.8 Å². The topological polar surface area (TPSA) is 70.9 Å². The molecule has 0 fully saturated rings. The van der Waals surface area contributed by atoms with Crippen molar-refractivity contribution in [3.05, 3.63) is 48.5 Å². The molecule has 2 amide bonds. The molecule has 4 rings (SSSR count). The van der Waals surface area contributed by atoms with Crippen LogP contribution in [0.25, 0.3) is 33.3 Å². The van der Waals surface area contributed by atoms with Gasteiger partial charge in [0.2, 0.25) is 0 Å². The molecule has 28 heavy (non-hydrogen) atoms. The molecule has 0 atom stereocenters. The number of aromatic amines is 1. The number of nitrogens with one attached hydrogen (secondary N) is 2. The van der Waals surface area contributed by atoms with Gasteiger partial charge in [-0.25, -0.2) is 9.28 Å². The Morgan fingerprint density at radius 1 is 1.18 bits per heavy atom. The summed E-state index contributed by atoms with van der Waals surface area (Å²) in [6, 6.07) is 15.6. The SMILES string of the molecule is CCCC[N+](C)(C)C(=O)Nc1ccc2[nH]nc(-c3cc4ccccc4o3)c2c1. The van der Waals surface area contributed by atoms with Gasteiger partial charge in [0, 0.05) is 16.5 Å². The zero-order valence-electron chi connectivity index (χ0n) is 16.5. The molecule has 2 aromatic carbocycles. The first kappa shape index (κ1) is 18.3. The van der Waals surface area contributed by atoms with Gasteiger partial charge >= 0.3 is 6.03 Å². The van der Waals surface area contributed by atoms with E-state index in [-0.39, 0.29) is 6.03 Å². The minimum Gasteiger partial charge on any atom is -0.454 e. The van der Waals surface area contributed by atoms with Gasteiger partial charge in [-0.3, -0.25) is 10.4 Å². The number of aromatic nitrogens is 2. The zero-order valence-corrected chi connectivity index (χ0v) is 16.5. The molecule has 0 aliphatic rings. The molecule has 0 unspecified atom stereocenters. The van der Waals surface area contributed by atoms with Gasteiger partial charge in [0.25, 0.3) is 0 Å². The number of H-pyrrole nitrogens is 1. The highest BCUT2D eigenvalue weighted by atomic mass is 16.3. The fourth-order valence-electron chi connectivity index (χ4n) is 3.31. The Morgan fingerprint density at radius 2 is 2.00 bits per heavy atom. The second-order valence-corrected chi connectivity index (χ2v) is 7.67. The minimum absolute atomic E-state index is 0.0263. The third-order valence-electron chi connectivity index (χ3n) is 5.09. The minimum atomic E-state index is -0.0263. The average molecular weight is 377 g/mol. The molecule has 144 valence electrons. The van der Waals surface area contributed by atoms with Crippen molar-refractivity contribution in [3.8, 4) is 11.5 Å². The van der Waals surface area contributed by atoms with Crippen LogP contribution in [0.3, 0.4) is 0 Å². The third kappa shape index (κ3) is 3.39. The van der Waals surface area contributed by atoms with E-state index in [9.17, 15) is 4.79 Å². The average Bonchev–Trinajstić information content (AvgIpc) is 3.29. The normalized spacial score (nSPS) is 12.0. The second-order valence-electron chi connectivity index (χ2n) is 7.67. The highest BCUT2D eigenvalue weighted by Crippen LogP contribution is 2.32. The van der Waals surface area contributed by atoms with Crippen LogP contribution in [0.5, 0.6) is 0 Å². The molecule has 0 aliphatic heterocycles. The largest absolute Gasteiger partial charge is 0.454 e. The molecule has 0 aliphatic carbocycles.